The van der Waals surface area contributed by atoms with Gasteiger partial charge in [-0.3, -0.25) is 9.48 Å². The minimum atomic E-state index is -2.50. The number of para-hydroxylation sites is 1. The van der Waals surface area contributed by atoms with Crippen LogP contribution in [-0.4, -0.2) is 35.2 Å². The van der Waals surface area contributed by atoms with Crippen molar-refractivity contribution in [3.63, 3.8) is 0 Å². The van der Waals surface area contributed by atoms with Crippen LogP contribution in [0, 0.1) is 0 Å². The van der Waals surface area contributed by atoms with E-state index in [0.717, 1.165) is 10.9 Å². The monoisotopic (exact) mass is 282 g/mol. The zero-order valence-electron chi connectivity index (χ0n) is 11.2. The summed E-state index contributed by atoms with van der Waals surface area (Å²) < 4.78 is 30.1. The lowest BCUT2D eigenvalue weighted by Crippen LogP contribution is -2.11. The van der Waals surface area contributed by atoms with Gasteiger partial charge < -0.3 is 4.74 Å². The summed E-state index contributed by atoms with van der Waals surface area (Å²) in [4.78, 5) is 11.8. The number of alkyl halides is 2. The molecule has 0 unspecified atom stereocenters. The van der Waals surface area contributed by atoms with Crippen LogP contribution in [0.3, 0.4) is 0 Å². The van der Waals surface area contributed by atoms with Gasteiger partial charge in [-0.25, -0.2) is 8.78 Å². The second-order valence-corrected chi connectivity index (χ2v) is 4.52. The Bertz CT molecular complexity index is 596. The highest BCUT2D eigenvalue weighted by molar-refractivity contribution is 5.88. The number of halogens is 2. The molecule has 0 saturated carbocycles. The Balaban J connectivity index is 1.93. The van der Waals surface area contributed by atoms with Crippen molar-refractivity contribution in [3.05, 3.63) is 30.0 Å². The second-order valence-electron chi connectivity index (χ2n) is 4.52. The molecule has 1 aromatic carbocycles. The number of hydrogen-bond acceptors (Lipinski definition) is 3. The van der Waals surface area contributed by atoms with Gasteiger partial charge in [0.25, 0.3) is 6.43 Å². The molecule has 0 spiro atoms. The Morgan fingerprint density at radius 1 is 1.40 bits per heavy atom. The molecule has 0 N–H and O–H groups in total. The van der Waals surface area contributed by atoms with E-state index < -0.39 is 13.0 Å². The maximum atomic E-state index is 11.9. The van der Waals surface area contributed by atoms with E-state index >= 15 is 0 Å². The van der Waals surface area contributed by atoms with E-state index in [1.807, 2.05) is 31.3 Å². The van der Waals surface area contributed by atoms with Crippen molar-refractivity contribution in [2.24, 2.45) is 7.05 Å². The second kappa shape index (κ2) is 6.56. The van der Waals surface area contributed by atoms with Gasteiger partial charge in [0, 0.05) is 18.9 Å². The van der Waals surface area contributed by atoms with E-state index in [0.29, 0.717) is 5.69 Å². The van der Waals surface area contributed by atoms with Crippen molar-refractivity contribution in [1.82, 2.24) is 9.78 Å². The van der Waals surface area contributed by atoms with Crippen molar-refractivity contribution in [3.8, 4) is 0 Å². The molecule has 0 amide bonds. The van der Waals surface area contributed by atoms with Crippen LogP contribution in [0.1, 0.15) is 12.1 Å². The molecule has 108 valence electrons. The standard InChI is InChI=1S/C14H16F2N2O2/c1-18-13-5-3-2-4-11(13)12(17-18)8-10(19)6-7-20-9-14(15)16/h2-5,14H,6-9H2,1H3. The van der Waals surface area contributed by atoms with Gasteiger partial charge in [-0.05, 0) is 6.07 Å². The Hall–Kier alpha value is -1.82. The fraction of sp³-hybridized carbons (Fsp3) is 0.429. The van der Waals surface area contributed by atoms with E-state index in [4.69, 9.17) is 4.74 Å². The largest absolute Gasteiger partial charge is 0.375 e. The third-order valence-corrected chi connectivity index (χ3v) is 2.97. The van der Waals surface area contributed by atoms with Crippen molar-refractivity contribution < 1.29 is 18.3 Å². The molecule has 0 aliphatic rings. The quantitative estimate of drug-likeness (QED) is 0.732. The molecular weight excluding hydrogens is 266 g/mol. The molecule has 0 aliphatic carbocycles. The number of ether oxygens (including phenoxy) is 1. The number of aromatic nitrogens is 2. The van der Waals surface area contributed by atoms with Crippen molar-refractivity contribution in [2.75, 3.05) is 13.2 Å². The lowest BCUT2D eigenvalue weighted by Gasteiger charge is -2.02. The molecule has 0 fully saturated rings. The minimum absolute atomic E-state index is 0.0218. The summed E-state index contributed by atoms with van der Waals surface area (Å²) in [6.45, 7) is -0.603. The van der Waals surface area contributed by atoms with Crippen LogP contribution in [-0.2, 0) is 23.0 Å². The zero-order chi connectivity index (χ0) is 14.5. The number of fused-ring (bicyclic) bond motifs is 1. The summed E-state index contributed by atoms with van der Waals surface area (Å²) in [6, 6.07) is 7.65. The van der Waals surface area contributed by atoms with E-state index in [-0.39, 0.29) is 25.2 Å². The highest BCUT2D eigenvalue weighted by Crippen LogP contribution is 2.18. The van der Waals surface area contributed by atoms with Gasteiger partial charge in [-0.15, -0.1) is 0 Å². The summed E-state index contributed by atoms with van der Waals surface area (Å²) in [5.41, 5.74) is 1.67. The number of aryl methyl sites for hydroxylation is 1. The fourth-order valence-corrected chi connectivity index (χ4v) is 2.05. The van der Waals surface area contributed by atoms with Crippen LogP contribution < -0.4 is 0 Å². The molecule has 1 aromatic heterocycles. The van der Waals surface area contributed by atoms with E-state index in [2.05, 4.69) is 5.10 Å². The zero-order valence-corrected chi connectivity index (χ0v) is 11.2. The van der Waals surface area contributed by atoms with Crippen molar-refractivity contribution in [2.45, 2.75) is 19.3 Å². The number of nitrogens with zero attached hydrogens (tertiary/aromatic N) is 2. The summed E-state index contributed by atoms with van der Waals surface area (Å²) in [5, 5.41) is 5.26. The molecule has 0 aliphatic heterocycles. The van der Waals surface area contributed by atoms with Gasteiger partial charge in [0.15, 0.2) is 0 Å². The molecular formula is C14H16F2N2O2. The summed E-state index contributed by atoms with van der Waals surface area (Å²) in [6.07, 6.45) is -2.18. The Kier molecular flexibility index (Phi) is 4.79. The lowest BCUT2D eigenvalue weighted by molar-refractivity contribution is -0.119. The number of rotatable bonds is 7. The third kappa shape index (κ3) is 3.60. The highest BCUT2D eigenvalue weighted by atomic mass is 19.3. The predicted octanol–water partition coefficient (Wildman–Crippen LogP) is 2.36. The first kappa shape index (κ1) is 14.6. The molecule has 0 saturated heterocycles. The van der Waals surface area contributed by atoms with Crippen LogP contribution in [0.15, 0.2) is 24.3 Å². The molecule has 1 heterocycles. The summed E-state index contributed by atoms with van der Waals surface area (Å²) in [7, 11) is 1.82. The molecule has 0 atom stereocenters. The summed E-state index contributed by atoms with van der Waals surface area (Å²) >= 11 is 0. The van der Waals surface area contributed by atoms with Crippen LogP contribution in [0.5, 0.6) is 0 Å². The van der Waals surface area contributed by atoms with Gasteiger partial charge in [0.1, 0.15) is 12.4 Å². The van der Waals surface area contributed by atoms with Crippen molar-refractivity contribution >= 4 is 16.7 Å². The first-order valence-electron chi connectivity index (χ1n) is 6.36. The number of carbonyl (C=O) groups is 1. The maximum Gasteiger partial charge on any atom is 0.261 e. The van der Waals surface area contributed by atoms with E-state index in [1.54, 1.807) is 4.68 Å². The lowest BCUT2D eigenvalue weighted by atomic mass is 10.1. The third-order valence-electron chi connectivity index (χ3n) is 2.97. The SMILES string of the molecule is Cn1nc(CC(=O)CCOCC(F)F)c2ccccc21. The van der Waals surface area contributed by atoms with Crippen LogP contribution in [0.25, 0.3) is 10.9 Å². The first-order chi connectivity index (χ1) is 9.58. The topological polar surface area (TPSA) is 44.1 Å². The average Bonchev–Trinajstić information content (AvgIpc) is 2.72. The van der Waals surface area contributed by atoms with E-state index in [9.17, 15) is 13.6 Å². The molecule has 2 rings (SSSR count). The molecule has 0 radical (unpaired) electrons. The fourth-order valence-electron chi connectivity index (χ4n) is 2.05. The van der Waals surface area contributed by atoms with Gasteiger partial charge in [-0.1, -0.05) is 18.2 Å². The van der Waals surface area contributed by atoms with Gasteiger partial charge in [0.2, 0.25) is 0 Å². The molecule has 4 nitrogen and oxygen atoms in total. The average molecular weight is 282 g/mol. The van der Waals surface area contributed by atoms with Gasteiger partial charge in [-0.2, -0.15) is 5.10 Å². The Morgan fingerprint density at radius 3 is 2.90 bits per heavy atom. The number of carbonyl (C=O) groups excluding carboxylic acids is 1. The van der Waals surface area contributed by atoms with Gasteiger partial charge >= 0.3 is 0 Å². The van der Waals surface area contributed by atoms with Crippen molar-refractivity contribution in [1.29, 1.82) is 0 Å². The predicted molar refractivity (Wildman–Crippen MR) is 70.9 cm³/mol. The van der Waals surface area contributed by atoms with Crippen LogP contribution in [0.2, 0.25) is 0 Å². The highest BCUT2D eigenvalue weighted by Gasteiger charge is 2.12. The molecule has 2 aromatic rings. The van der Waals surface area contributed by atoms with E-state index in [1.165, 1.54) is 0 Å². The van der Waals surface area contributed by atoms with Crippen LogP contribution in [0.4, 0.5) is 8.78 Å². The maximum absolute atomic E-state index is 11.9. The number of benzene rings is 1. The number of Topliss-reactive ketones (excluding diaryl/α,β-unsaturated/α-hetero) is 1. The van der Waals surface area contributed by atoms with Crippen LogP contribution >= 0.6 is 0 Å². The number of ketones is 1. The normalized spacial score (nSPS) is 11.4. The van der Waals surface area contributed by atoms with Gasteiger partial charge in [0.05, 0.1) is 24.2 Å². The molecule has 0 bridgehead atoms. The number of hydrogen-bond donors (Lipinski definition) is 0. The Labute approximate surface area is 115 Å². The Morgan fingerprint density at radius 2 is 2.15 bits per heavy atom. The molecule has 6 heteroatoms. The summed E-state index contributed by atoms with van der Waals surface area (Å²) in [5.74, 6) is -0.0666. The minimum Gasteiger partial charge on any atom is -0.375 e. The molecule has 20 heavy (non-hydrogen) atoms. The first-order valence-corrected chi connectivity index (χ1v) is 6.36. The smallest absolute Gasteiger partial charge is 0.261 e.